The SMILES string of the molecule is O=C(O)c1ccc([N+](=O)[O-])c(Oc2ccccc2I)n1. The molecule has 1 aromatic carbocycles. The van der Waals surface area contributed by atoms with Gasteiger partial charge in [0.25, 0.3) is 0 Å². The number of aromatic nitrogens is 1. The number of aromatic carboxylic acids is 1. The number of halogens is 1. The minimum absolute atomic E-state index is 0.323. The highest BCUT2D eigenvalue weighted by Crippen LogP contribution is 2.31. The van der Waals surface area contributed by atoms with Crippen LogP contribution in [0.1, 0.15) is 10.5 Å². The van der Waals surface area contributed by atoms with Crippen LogP contribution in [-0.4, -0.2) is 21.0 Å². The van der Waals surface area contributed by atoms with Gasteiger partial charge in [0.05, 0.1) is 8.49 Å². The standard InChI is InChI=1S/C12H7IN2O5/c13-7-3-1-2-4-10(7)20-11-9(15(18)19)6-5-8(14-11)12(16)17/h1-6H,(H,16,17). The lowest BCUT2D eigenvalue weighted by molar-refractivity contribution is -0.386. The molecule has 2 aromatic rings. The minimum Gasteiger partial charge on any atom is -0.477 e. The van der Waals surface area contributed by atoms with Gasteiger partial charge < -0.3 is 9.84 Å². The number of carboxylic acids is 1. The Balaban J connectivity index is 2.48. The van der Waals surface area contributed by atoms with Gasteiger partial charge in [0.2, 0.25) is 0 Å². The van der Waals surface area contributed by atoms with Crippen molar-refractivity contribution in [1.82, 2.24) is 4.98 Å². The molecule has 0 fully saturated rings. The normalized spacial score (nSPS) is 10.1. The van der Waals surface area contributed by atoms with Gasteiger partial charge in [-0.15, -0.1) is 0 Å². The van der Waals surface area contributed by atoms with E-state index in [2.05, 4.69) is 4.98 Å². The molecule has 0 amide bonds. The lowest BCUT2D eigenvalue weighted by Crippen LogP contribution is -2.04. The first-order valence-electron chi connectivity index (χ1n) is 5.30. The second-order valence-electron chi connectivity index (χ2n) is 3.62. The molecule has 0 aliphatic carbocycles. The smallest absolute Gasteiger partial charge is 0.354 e. The van der Waals surface area contributed by atoms with Crippen molar-refractivity contribution >= 4 is 34.2 Å². The molecule has 1 heterocycles. The van der Waals surface area contributed by atoms with Crippen molar-refractivity contribution in [2.75, 3.05) is 0 Å². The fourth-order valence-corrected chi connectivity index (χ4v) is 1.90. The van der Waals surface area contributed by atoms with Crippen LogP contribution >= 0.6 is 22.6 Å². The summed E-state index contributed by atoms with van der Waals surface area (Å²) in [7, 11) is 0. The fraction of sp³-hybridized carbons (Fsp3) is 0. The predicted molar refractivity (Wildman–Crippen MR) is 77.1 cm³/mol. The average Bonchev–Trinajstić information content (AvgIpc) is 2.41. The monoisotopic (exact) mass is 386 g/mol. The zero-order chi connectivity index (χ0) is 14.7. The molecule has 0 radical (unpaired) electrons. The van der Waals surface area contributed by atoms with E-state index < -0.39 is 16.6 Å². The highest BCUT2D eigenvalue weighted by atomic mass is 127. The number of benzene rings is 1. The van der Waals surface area contributed by atoms with Crippen molar-refractivity contribution in [3.8, 4) is 11.6 Å². The predicted octanol–water partition coefficient (Wildman–Crippen LogP) is 3.08. The molecule has 0 aliphatic rings. The number of rotatable bonds is 4. The third kappa shape index (κ3) is 3.02. The number of carbonyl (C=O) groups is 1. The van der Waals surface area contributed by atoms with Crippen molar-refractivity contribution in [3.05, 3.63) is 55.8 Å². The van der Waals surface area contributed by atoms with Crippen LogP contribution in [0.3, 0.4) is 0 Å². The van der Waals surface area contributed by atoms with Crippen LogP contribution in [0.15, 0.2) is 36.4 Å². The largest absolute Gasteiger partial charge is 0.477 e. The van der Waals surface area contributed by atoms with E-state index in [1.165, 1.54) is 0 Å². The maximum Gasteiger partial charge on any atom is 0.354 e. The fourth-order valence-electron chi connectivity index (χ4n) is 1.40. The topological polar surface area (TPSA) is 103 Å². The molecule has 0 atom stereocenters. The van der Waals surface area contributed by atoms with E-state index in [1.54, 1.807) is 24.3 Å². The van der Waals surface area contributed by atoms with Crippen LogP contribution in [-0.2, 0) is 0 Å². The van der Waals surface area contributed by atoms with Gasteiger partial charge in [-0.3, -0.25) is 10.1 Å². The van der Waals surface area contributed by atoms with E-state index in [0.29, 0.717) is 5.75 Å². The summed E-state index contributed by atoms with van der Waals surface area (Å²) in [5, 5.41) is 19.8. The lowest BCUT2D eigenvalue weighted by atomic mass is 10.3. The molecule has 102 valence electrons. The van der Waals surface area contributed by atoms with Crippen molar-refractivity contribution in [2.24, 2.45) is 0 Å². The van der Waals surface area contributed by atoms with Gasteiger partial charge in [-0.2, -0.15) is 4.98 Å². The van der Waals surface area contributed by atoms with Gasteiger partial charge in [0.15, 0.2) is 5.69 Å². The van der Waals surface area contributed by atoms with E-state index in [0.717, 1.165) is 15.7 Å². The summed E-state index contributed by atoms with van der Waals surface area (Å²) in [6.07, 6.45) is 0. The van der Waals surface area contributed by atoms with Crippen LogP contribution in [0.5, 0.6) is 11.6 Å². The first kappa shape index (κ1) is 14.2. The summed E-state index contributed by atoms with van der Waals surface area (Å²) in [4.78, 5) is 24.8. The highest BCUT2D eigenvalue weighted by molar-refractivity contribution is 14.1. The highest BCUT2D eigenvalue weighted by Gasteiger charge is 2.21. The molecule has 8 heteroatoms. The Bertz CT molecular complexity index is 689. The first-order chi connectivity index (χ1) is 9.49. The number of nitro groups is 1. The number of pyridine rings is 1. The number of para-hydroxylation sites is 1. The first-order valence-corrected chi connectivity index (χ1v) is 6.38. The Morgan fingerprint density at radius 3 is 2.60 bits per heavy atom. The second-order valence-corrected chi connectivity index (χ2v) is 4.78. The van der Waals surface area contributed by atoms with Crippen LogP contribution < -0.4 is 4.74 Å². The van der Waals surface area contributed by atoms with Crippen LogP contribution in [0, 0.1) is 13.7 Å². The summed E-state index contributed by atoms with van der Waals surface area (Å²) in [5.74, 6) is -1.27. The summed E-state index contributed by atoms with van der Waals surface area (Å²) in [6, 6.07) is 8.96. The number of ether oxygens (including phenoxy) is 1. The Labute approximate surface area is 126 Å². The Morgan fingerprint density at radius 2 is 2.00 bits per heavy atom. The average molecular weight is 386 g/mol. The maximum absolute atomic E-state index is 10.9. The molecule has 0 saturated carbocycles. The van der Waals surface area contributed by atoms with Gasteiger partial charge in [-0.1, -0.05) is 12.1 Å². The van der Waals surface area contributed by atoms with E-state index in [9.17, 15) is 14.9 Å². The van der Waals surface area contributed by atoms with Gasteiger partial charge in [0.1, 0.15) is 5.75 Å². The molecule has 7 nitrogen and oxygen atoms in total. The molecule has 0 spiro atoms. The van der Waals surface area contributed by atoms with Crippen molar-refractivity contribution in [3.63, 3.8) is 0 Å². The van der Waals surface area contributed by atoms with Crippen molar-refractivity contribution < 1.29 is 19.6 Å². The minimum atomic E-state index is -1.28. The summed E-state index contributed by atoms with van der Waals surface area (Å²) >= 11 is 2.00. The molecule has 2 rings (SSSR count). The lowest BCUT2D eigenvalue weighted by Gasteiger charge is -2.07. The number of carboxylic acid groups (broad SMARTS) is 1. The van der Waals surface area contributed by atoms with Crippen molar-refractivity contribution in [2.45, 2.75) is 0 Å². The van der Waals surface area contributed by atoms with E-state index >= 15 is 0 Å². The van der Waals surface area contributed by atoms with E-state index in [-0.39, 0.29) is 11.6 Å². The Kier molecular flexibility index (Phi) is 4.13. The molecule has 0 unspecified atom stereocenters. The van der Waals surface area contributed by atoms with Crippen LogP contribution in [0.25, 0.3) is 0 Å². The molecule has 0 saturated heterocycles. The molecule has 20 heavy (non-hydrogen) atoms. The molecule has 0 aliphatic heterocycles. The molecule has 1 N–H and O–H groups in total. The van der Waals surface area contributed by atoms with Gasteiger partial charge >= 0.3 is 17.5 Å². The zero-order valence-corrected chi connectivity index (χ0v) is 12.0. The Hall–Kier alpha value is -2.23. The van der Waals surface area contributed by atoms with Gasteiger partial charge in [-0.05, 0) is 40.8 Å². The van der Waals surface area contributed by atoms with Gasteiger partial charge in [-0.25, -0.2) is 4.79 Å². The molecule has 1 aromatic heterocycles. The zero-order valence-electron chi connectivity index (χ0n) is 9.82. The summed E-state index contributed by atoms with van der Waals surface area (Å²) < 4.78 is 6.09. The van der Waals surface area contributed by atoms with E-state index in [4.69, 9.17) is 9.84 Å². The van der Waals surface area contributed by atoms with Crippen LogP contribution in [0.2, 0.25) is 0 Å². The number of hydrogen-bond acceptors (Lipinski definition) is 5. The van der Waals surface area contributed by atoms with E-state index in [1.807, 2.05) is 22.6 Å². The Morgan fingerprint density at radius 1 is 1.30 bits per heavy atom. The second kappa shape index (κ2) is 5.82. The molecular formula is C12H7IN2O5. The van der Waals surface area contributed by atoms with Crippen molar-refractivity contribution in [1.29, 1.82) is 0 Å². The summed E-state index contributed by atoms with van der Waals surface area (Å²) in [6.45, 7) is 0. The summed E-state index contributed by atoms with van der Waals surface area (Å²) in [5.41, 5.74) is -0.716. The third-order valence-corrected chi connectivity index (χ3v) is 3.19. The number of hydrogen-bond donors (Lipinski definition) is 1. The number of nitrogens with zero attached hydrogens (tertiary/aromatic N) is 2. The quantitative estimate of drug-likeness (QED) is 0.492. The maximum atomic E-state index is 10.9. The molecule has 0 bridgehead atoms. The third-order valence-electron chi connectivity index (χ3n) is 2.30. The van der Waals surface area contributed by atoms with Crippen LogP contribution in [0.4, 0.5) is 5.69 Å². The van der Waals surface area contributed by atoms with Gasteiger partial charge in [0, 0.05) is 6.07 Å². The molecular weight excluding hydrogens is 379 g/mol.